The second-order valence-electron chi connectivity index (χ2n) is 6.93. The van der Waals surface area contributed by atoms with Gasteiger partial charge in [0.1, 0.15) is 0 Å². The highest BCUT2D eigenvalue weighted by molar-refractivity contribution is 7.98. The van der Waals surface area contributed by atoms with Crippen molar-refractivity contribution < 1.29 is 19.1 Å². The zero-order valence-electron chi connectivity index (χ0n) is 18.7. The molecule has 33 heavy (non-hydrogen) atoms. The Balaban J connectivity index is 1.48. The Morgan fingerprint density at radius 3 is 2.42 bits per heavy atom. The summed E-state index contributed by atoms with van der Waals surface area (Å²) in [6.45, 7) is 4.54. The van der Waals surface area contributed by atoms with Crippen LogP contribution in [0.15, 0.2) is 71.9 Å². The van der Waals surface area contributed by atoms with Crippen LogP contribution in [0.5, 0.6) is 11.5 Å². The molecule has 0 radical (unpaired) electrons. The number of amides is 2. The summed E-state index contributed by atoms with van der Waals surface area (Å²) in [5.74, 6) is 1.22. The number of anilines is 1. The quantitative estimate of drug-likeness (QED) is 0.404. The topological polar surface area (TPSA) is 89.5 Å². The Labute approximate surface area is 197 Å². The fraction of sp³-hybridized carbons (Fsp3) is 0.240. The first-order chi connectivity index (χ1) is 16.1. The van der Waals surface area contributed by atoms with E-state index in [-0.39, 0.29) is 18.4 Å². The first kappa shape index (κ1) is 24.1. The predicted molar refractivity (Wildman–Crippen MR) is 130 cm³/mol. The van der Waals surface area contributed by atoms with E-state index in [1.807, 2.05) is 56.4 Å². The standard InChI is InChI=1S/C25H27N3O4S/c1-3-31-22-12-7-19(14-23(22)32-4-2)25(30)27-16-24(29)28-20-8-10-21(11-9-20)33-17-18-6-5-13-26-15-18/h5-15H,3-4,16-17H2,1-2H3,(H,27,30)(H,28,29). The van der Waals surface area contributed by atoms with Crippen LogP contribution in [0.4, 0.5) is 5.69 Å². The fourth-order valence-corrected chi connectivity index (χ4v) is 3.78. The number of carbonyl (C=O) groups excluding carboxylic acids is 2. The minimum Gasteiger partial charge on any atom is -0.490 e. The lowest BCUT2D eigenvalue weighted by atomic mass is 10.2. The van der Waals surface area contributed by atoms with E-state index in [1.54, 1.807) is 36.2 Å². The van der Waals surface area contributed by atoms with Gasteiger partial charge in [0.05, 0.1) is 19.8 Å². The van der Waals surface area contributed by atoms with Gasteiger partial charge in [0, 0.05) is 34.3 Å². The van der Waals surface area contributed by atoms with E-state index in [2.05, 4.69) is 15.6 Å². The molecule has 0 bridgehead atoms. The van der Waals surface area contributed by atoms with Gasteiger partial charge in [-0.2, -0.15) is 0 Å². The maximum Gasteiger partial charge on any atom is 0.251 e. The van der Waals surface area contributed by atoms with Gasteiger partial charge in [0.2, 0.25) is 5.91 Å². The van der Waals surface area contributed by atoms with Gasteiger partial charge in [-0.25, -0.2) is 0 Å². The molecule has 2 amide bonds. The molecule has 7 nitrogen and oxygen atoms in total. The van der Waals surface area contributed by atoms with Gasteiger partial charge in [0.25, 0.3) is 5.91 Å². The van der Waals surface area contributed by atoms with E-state index in [4.69, 9.17) is 9.47 Å². The number of pyridine rings is 1. The largest absolute Gasteiger partial charge is 0.490 e. The maximum atomic E-state index is 12.5. The van der Waals surface area contributed by atoms with E-state index in [0.29, 0.717) is 36.0 Å². The summed E-state index contributed by atoms with van der Waals surface area (Å²) in [4.78, 5) is 29.9. The number of benzene rings is 2. The molecule has 0 saturated carbocycles. The number of thioether (sulfide) groups is 1. The van der Waals surface area contributed by atoms with Crippen LogP contribution >= 0.6 is 11.8 Å². The molecular formula is C25H27N3O4S. The summed E-state index contributed by atoms with van der Waals surface area (Å²) >= 11 is 1.69. The Hall–Kier alpha value is -3.52. The highest BCUT2D eigenvalue weighted by Gasteiger charge is 2.13. The zero-order valence-corrected chi connectivity index (χ0v) is 19.5. The van der Waals surface area contributed by atoms with Crippen molar-refractivity contribution in [3.63, 3.8) is 0 Å². The lowest BCUT2D eigenvalue weighted by Crippen LogP contribution is -2.32. The van der Waals surface area contributed by atoms with Crippen molar-refractivity contribution in [3.05, 3.63) is 78.1 Å². The van der Waals surface area contributed by atoms with Crippen LogP contribution in [0, 0.1) is 0 Å². The molecule has 0 spiro atoms. The number of nitrogens with one attached hydrogen (secondary N) is 2. The first-order valence-electron chi connectivity index (χ1n) is 10.7. The van der Waals surface area contributed by atoms with E-state index < -0.39 is 0 Å². The Morgan fingerprint density at radius 1 is 0.970 bits per heavy atom. The van der Waals surface area contributed by atoms with Crippen molar-refractivity contribution in [1.82, 2.24) is 10.3 Å². The molecular weight excluding hydrogens is 438 g/mol. The van der Waals surface area contributed by atoms with Crippen molar-refractivity contribution in [2.24, 2.45) is 0 Å². The summed E-state index contributed by atoms with van der Waals surface area (Å²) in [5, 5.41) is 5.42. The van der Waals surface area contributed by atoms with Gasteiger partial charge in [-0.15, -0.1) is 11.8 Å². The molecule has 2 N–H and O–H groups in total. The van der Waals surface area contributed by atoms with Gasteiger partial charge in [-0.3, -0.25) is 14.6 Å². The lowest BCUT2D eigenvalue weighted by Gasteiger charge is -2.12. The van der Waals surface area contributed by atoms with Crippen LogP contribution in [0.1, 0.15) is 29.8 Å². The number of aromatic nitrogens is 1. The first-order valence-corrected chi connectivity index (χ1v) is 11.7. The van der Waals surface area contributed by atoms with Crippen LogP contribution in [0.3, 0.4) is 0 Å². The van der Waals surface area contributed by atoms with Gasteiger partial charge >= 0.3 is 0 Å². The summed E-state index contributed by atoms with van der Waals surface area (Å²) in [6.07, 6.45) is 3.60. The highest BCUT2D eigenvalue weighted by Crippen LogP contribution is 2.28. The number of nitrogens with zero attached hydrogens (tertiary/aromatic N) is 1. The molecule has 3 aromatic rings. The van der Waals surface area contributed by atoms with E-state index >= 15 is 0 Å². The fourth-order valence-electron chi connectivity index (χ4n) is 2.94. The minimum absolute atomic E-state index is 0.145. The average Bonchev–Trinajstić information content (AvgIpc) is 2.84. The molecule has 172 valence electrons. The number of hydrogen-bond donors (Lipinski definition) is 2. The molecule has 0 fully saturated rings. The molecule has 0 aliphatic carbocycles. The average molecular weight is 466 g/mol. The zero-order chi connectivity index (χ0) is 23.5. The maximum absolute atomic E-state index is 12.5. The van der Waals surface area contributed by atoms with Crippen LogP contribution in [0.25, 0.3) is 0 Å². The Morgan fingerprint density at radius 2 is 1.73 bits per heavy atom. The van der Waals surface area contributed by atoms with Crippen molar-refractivity contribution in [3.8, 4) is 11.5 Å². The van der Waals surface area contributed by atoms with Crippen LogP contribution in [0.2, 0.25) is 0 Å². The predicted octanol–water partition coefficient (Wildman–Crippen LogP) is 4.54. The summed E-state index contributed by atoms with van der Waals surface area (Å²) in [7, 11) is 0. The molecule has 0 atom stereocenters. The molecule has 0 unspecified atom stereocenters. The van der Waals surface area contributed by atoms with E-state index in [9.17, 15) is 9.59 Å². The summed E-state index contributed by atoms with van der Waals surface area (Å²) in [5.41, 5.74) is 2.21. The molecule has 0 aliphatic rings. The minimum atomic E-state index is -0.365. The monoisotopic (exact) mass is 465 g/mol. The number of ether oxygens (including phenoxy) is 2. The Bertz CT molecular complexity index is 1060. The van der Waals surface area contributed by atoms with Crippen molar-refractivity contribution in [2.75, 3.05) is 25.1 Å². The van der Waals surface area contributed by atoms with Crippen LogP contribution in [-0.4, -0.2) is 36.6 Å². The molecule has 2 aromatic carbocycles. The lowest BCUT2D eigenvalue weighted by molar-refractivity contribution is -0.115. The molecule has 8 heteroatoms. The van der Waals surface area contributed by atoms with Crippen molar-refractivity contribution in [1.29, 1.82) is 0 Å². The smallest absolute Gasteiger partial charge is 0.251 e. The highest BCUT2D eigenvalue weighted by atomic mass is 32.2. The third kappa shape index (κ3) is 7.54. The SMILES string of the molecule is CCOc1ccc(C(=O)NCC(=O)Nc2ccc(SCc3cccnc3)cc2)cc1OCC. The van der Waals surface area contributed by atoms with E-state index in [1.165, 1.54) is 0 Å². The second kappa shape index (κ2) is 12.5. The second-order valence-corrected chi connectivity index (χ2v) is 7.98. The molecule has 0 aliphatic heterocycles. The van der Waals surface area contributed by atoms with Gasteiger partial charge in [-0.1, -0.05) is 6.07 Å². The van der Waals surface area contributed by atoms with Gasteiger partial charge in [-0.05, 0) is 67.9 Å². The molecule has 0 saturated heterocycles. The third-order valence-corrected chi connectivity index (χ3v) is 5.56. The normalized spacial score (nSPS) is 10.4. The van der Waals surface area contributed by atoms with Crippen molar-refractivity contribution in [2.45, 2.75) is 24.5 Å². The van der Waals surface area contributed by atoms with E-state index in [0.717, 1.165) is 16.2 Å². The number of rotatable bonds is 11. The van der Waals surface area contributed by atoms with Crippen LogP contribution in [-0.2, 0) is 10.5 Å². The van der Waals surface area contributed by atoms with Crippen molar-refractivity contribution >= 4 is 29.3 Å². The van der Waals surface area contributed by atoms with Gasteiger partial charge in [0.15, 0.2) is 11.5 Å². The molecule has 3 rings (SSSR count). The third-order valence-electron chi connectivity index (χ3n) is 4.48. The molecule has 1 heterocycles. The molecule has 1 aromatic heterocycles. The Kier molecular flexibility index (Phi) is 9.14. The summed E-state index contributed by atoms with van der Waals surface area (Å²) in [6, 6.07) is 16.5. The number of hydrogen-bond acceptors (Lipinski definition) is 6. The summed E-state index contributed by atoms with van der Waals surface area (Å²) < 4.78 is 11.1. The van der Waals surface area contributed by atoms with Crippen LogP contribution < -0.4 is 20.1 Å². The van der Waals surface area contributed by atoms with Gasteiger partial charge < -0.3 is 20.1 Å². The number of carbonyl (C=O) groups is 2.